The lowest BCUT2D eigenvalue weighted by atomic mass is 9.99. The molecule has 0 bridgehead atoms. The maximum absolute atomic E-state index is 10.6. The molecule has 0 saturated carbocycles. The molecule has 0 spiro atoms. The van der Waals surface area contributed by atoms with E-state index >= 15 is 0 Å². The van der Waals surface area contributed by atoms with Crippen LogP contribution in [0, 0.1) is 12.8 Å². The third-order valence-corrected chi connectivity index (χ3v) is 4.12. The normalized spacial score (nSPS) is 11.5. The highest BCUT2D eigenvalue weighted by Gasteiger charge is 2.14. The van der Waals surface area contributed by atoms with Gasteiger partial charge in [0.1, 0.15) is 23.9 Å². The second kappa shape index (κ2) is 11.3. The van der Waals surface area contributed by atoms with Gasteiger partial charge in [-0.2, -0.15) is 0 Å². The maximum Gasteiger partial charge on any atom is 0.293 e. The smallest absolute Gasteiger partial charge is 0.293 e. The number of ether oxygens (including phenoxy) is 3. The zero-order valence-electron chi connectivity index (χ0n) is 17.4. The Morgan fingerprint density at radius 1 is 1.26 bits per heavy atom. The van der Waals surface area contributed by atoms with Gasteiger partial charge < -0.3 is 14.2 Å². The first kappa shape index (κ1) is 22.6. The Kier molecular flexibility index (Phi) is 9.41. The summed E-state index contributed by atoms with van der Waals surface area (Å²) in [5, 5.41) is 0. The quantitative estimate of drug-likeness (QED) is 0.290. The molecule has 0 amide bonds. The maximum atomic E-state index is 10.6. The van der Waals surface area contributed by atoms with E-state index < -0.39 is 0 Å². The van der Waals surface area contributed by atoms with Crippen molar-refractivity contribution in [2.75, 3.05) is 13.7 Å². The Morgan fingerprint density at radius 3 is 2.48 bits per heavy atom. The lowest BCUT2D eigenvalue weighted by Gasteiger charge is -2.18. The van der Waals surface area contributed by atoms with Crippen LogP contribution < -0.4 is 9.47 Å². The molecule has 1 aromatic rings. The fourth-order valence-corrected chi connectivity index (χ4v) is 2.78. The molecule has 0 aliphatic rings. The van der Waals surface area contributed by atoms with Crippen LogP contribution in [0.15, 0.2) is 47.8 Å². The molecule has 0 saturated heterocycles. The summed E-state index contributed by atoms with van der Waals surface area (Å²) in [6.07, 6.45) is 5.61. The average Bonchev–Trinajstić information content (AvgIpc) is 2.62. The minimum Gasteiger partial charge on any atom is -0.496 e. The van der Waals surface area contributed by atoms with E-state index in [2.05, 4.69) is 20.4 Å². The molecule has 0 unspecified atom stereocenters. The number of hydrogen-bond donors (Lipinski definition) is 0. The van der Waals surface area contributed by atoms with Crippen molar-refractivity contribution in [3.05, 3.63) is 58.9 Å². The zero-order valence-corrected chi connectivity index (χ0v) is 17.4. The summed E-state index contributed by atoms with van der Waals surface area (Å²) in [5.74, 6) is 2.73. The predicted octanol–water partition coefficient (Wildman–Crippen LogP) is 5.55. The second-order valence-electron chi connectivity index (χ2n) is 7.14. The summed E-state index contributed by atoms with van der Waals surface area (Å²) in [5.41, 5.74) is 3.93. The van der Waals surface area contributed by atoms with Crippen LogP contribution in [0.25, 0.3) is 0 Å². The van der Waals surface area contributed by atoms with Gasteiger partial charge in [-0.3, -0.25) is 4.79 Å². The molecule has 0 fully saturated rings. The van der Waals surface area contributed by atoms with Gasteiger partial charge in [-0.1, -0.05) is 38.1 Å². The number of aryl methyl sites for hydroxylation is 1. The molecule has 0 N–H and O–H groups in total. The first-order valence-corrected chi connectivity index (χ1v) is 9.24. The third-order valence-electron chi connectivity index (χ3n) is 4.12. The fourth-order valence-electron chi connectivity index (χ4n) is 2.78. The van der Waals surface area contributed by atoms with E-state index in [0.717, 1.165) is 35.3 Å². The number of carbonyl (C=O) groups is 1. The van der Waals surface area contributed by atoms with E-state index in [4.69, 9.17) is 14.2 Å². The molecule has 4 heteroatoms. The lowest BCUT2D eigenvalue weighted by molar-refractivity contribution is -0.127. The molecule has 27 heavy (non-hydrogen) atoms. The molecule has 0 atom stereocenters. The number of hydrogen-bond acceptors (Lipinski definition) is 4. The Bertz CT molecular complexity index is 707. The lowest BCUT2D eigenvalue weighted by Crippen LogP contribution is -2.05. The van der Waals surface area contributed by atoms with Crippen molar-refractivity contribution in [2.24, 2.45) is 5.92 Å². The van der Waals surface area contributed by atoms with Crippen LogP contribution in [0.1, 0.15) is 45.2 Å². The van der Waals surface area contributed by atoms with Crippen LogP contribution in [0.2, 0.25) is 0 Å². The van der Waals surface area contributed by atoms with Gasteiger partial charge in [0.15, 0.2) is 0 Å². The van der Waals surface area contributed by atoms with Gasteiger partial charge >= 0.3 is 0 Å². The van der Waals surface area contributed by atoms with Crippen LogP contribution in [0.4, 0.5) is 0 Å². The monoisotopic (exact) mass is 372 g/mol. The van der Waals surface area contributed by atoms with Crippen molar-refractivity contribution in [3.63, 3.8) is 0 Å². The Balaban J connectivity index is 3.26. The summed E-state index contributed by atoms with van der Waals surface area (Å²) in [6, 6.07) is 4.00. The highest BCUT2D eigenvalue weighted by atomic mass is 16.5. The molecule has 4 nitrogen and oxygen atoms in total. The largest absolute Gasteiger partial charge is 0.496 e. The van der Waals surface area contributed by atoms with Crippen molar-refractivity contribution in [3.8, 4) is 11.5 Å². The summed E-state index contributed by atoms with van der Waals surface area (Å²) in [6.45, 7) is 14.7. The molecular formula is C23H32O4. The minimum absolute atomic E-state index is 0.124. The molecule has 0 heterocycles. The topological polar surface area (TPSA) is 44.8 Å². The summed E-state index contributed by atoms with van der Waals surface area (Å²) in [7, 11) is 1.68. The predicted molar refractivity (Wildman–Crippen MR) is 110 cm³/mol. The van der Waals surface area contributed by atoms with E-state index in [9.17, 15) is 4.79 Å². The first-order chi connectivity index (χ1) is 12.8. The van der Waals surface area contributed by atoms with Gasteiger partial charge in [0.25, 0.3) is 6.47 Å². The van der Waals surface area contributed by atoms with E-state index in [1.165, 1.54) is 5.56 Å². The number of rotatable bonds is 11. The molecule has 148 valence electrons. The average molecular weight is 373 g/mol. The van der Waals surface area contributed by atoms with Gasteiger partial charge in [-0.05, 0) is 57.2 Å². The number of benzene rings is 1. The molecular weight excluding hydrogens is 340 g/mol. The highest BCUT2D eigenvalue weighted by molar-refractivity contribution is 5.51. The zero-order chi connectivity index (χ0) is 20.4. The van der Waals surface area contributed by atoms with E-state index in [-0.39, 0.29) is 6.61 Å². The summed E-state index contributed by atoms with van der Waals surface area (Å²) >= 11 is 0. The van der Waals surface area contributed by atoms with Crippen LogP contribution in [0.5, 0.6) is 11.5 Å². The van der Waals surface area contributed by atoms with E-state index in [0.29, 0.717) is 23.9 Å². The van der Waals surface area contributed by atoms with Crippen molar-refractivity contribution in [1.82, 2.24) is 0 Å². The van der Waals surface area contributed by atoms with Gasteiger partial charge in [-0.15, -0.1) is 0 Å². The van der Waals surface area contributed by atoms with Crippen LogP contribution in [-0.2, 0) is 16.0 Å². The molecule has 0 aliphatic carbocycles. The Morgan fingerprint density at radius 2 is 1.96 bits per heavy atom. The van der Waals surface area contributed by atoms with E-state index in [1.807, 2.05) is 39.0 Å². The standard InChI is InChI=1S/C23H32O4/c1-8-21(20(13-17(4)5)14-26-15-24)27-22-12-11-19(10-9-16(2)3)23(25-7)18(22)6/h8,11-13,15-16H,1,9-10,14H2,2-7H3/b21-20-. The Hall–Kier alpha value is -2.49. The highest BCUT2D eigenvalue weighted by Crippen LogP contribution is 2.34. The van der Waals surface area contributed by atoms with Gasteiger partial charge in [-0.25, -0.2) is 0 Å². The van der Waals surface area contributed by atoms with Crippen molar-refractivity contribution in [1.29, 1.82) is 0 Å². The first-order valence-electron chi connectivity index (χ1n) is 9.24. The molecule has 0 radical (unpaired) electrons. The van der Waals surface area contributed by atoms with Crippen molar-refractivity contribution >= 4 is 6.47 Å². The SMILES string of the molecule is C=C/C(Oc1ccc(CCC(C)C)c(OC)c1C)=C(\C=C(C)C)COC=O. The third kappa shape index (κ3) is 6.97. The van der Waals surface area contributed by atoms with Crippen molar-refractivity contribution < 1.29 is 19.0 Å². The number of allylic oxidation sites excluding steroid dienone is 2. The van der Waals surface area contributed by atoms with Crippen molar-refractivity contribution in [2.45, 2.75) is 47.5 Å². The van der Waals surface area contributed by atoms with Gasteiger partial charge in [0.2, 0.25) is 0 Å². The molecule has 1 aromatic carbocycles. The summed E-state index contributed by atoms with van der Waals surface area (Å²) in [4.78, 5) is 10.6. The van der Waals surface area contributed by atoms with E-state index in [1.54, 1.807) is 13.2 Å². The number of carbonyl (C=O) groups excluding carboxylic acids is 1. The minimum atomic E-state index is 0.124. The molecule has 1 rings (SSSR count). The molecule has 0 aliphatic heterocycles. The number of methoxy groups -OCH3 is 1. The van der Waals surface area contributed by atoms with Crippen LogP contribution in [0.3, 0.4) is 0 Å². The van der Waals surface area contributed by atoms with Crippen LogP contribution >= 0.6 is 0 Å². The fraction of sp³-hybridized carbons (Fsp3) is 0.435. The summed E-state index contributed by atoms with van der Waals surface area (Å²) < 4.78 is 16.7. The van der Waals surface area contributed by atoms with Crippen LogP contribution in [-0.4, -0.2) is 20.2 Å². The van der Waals surface area contributed by atoms with Gasteiger partial charge in [0, 0.05) is 11.1 Å². The Labute approximate surface area is 163 Å². The van der Waals surface area contributed by atoms with Gasteiger partial charge in [0.05, 0.1) is 7.11 Å². The second-order valence-corrected chi connectivity index (χ2v) is 7.14. The molecule has 0 aromatic heterocycles.